The Morgan fingerprint density at radius 2 is 2.03 bits per heavy atom. The number of aromatic amines is 1. The smallest absolute Gasteiger partial charge is 0.214 e. The minimum Gasteiger partial charge on any atom is -0.352 e. The molecule has 1 fully saturated rings. The fourth-order valence-corrected chi connectivity index (χ4v) is 3.78. The Labute approximate surface area is 169 Å². The number of nitriles is 1. The number of piperazine rings is 1. The standard InChI is InChI=1S/C21H24N8/c1-14-4-6-17(7-5-14)27-21(24-12-22)29-9-8-28(11-16(29)3)20-18-15(2)10-23-19(18)25-13-26-20/h4-7,10,13,16H,8-9,11H2,1-3H3,(H,24,27)(H,23,25,26). The van der Waals surface area contributed by atoms with Gasteiger partial charge in [-0.3, -0.25) is 0 Å². The van der Waals surface area contributed by atoms with Crippen LogP contribution in [-0.2, 0) is 0 Å². The lowest BCUT2D eigenvalue weighted by Gasteiger charge is -2.41. The second-order valence-corrected chi connectivity index (χ2v) is 7.41. The van der Waals surface area contributed by atoms with Gasteiger partial charge < -0.3 is 20.1 Å². The number of rotatable bonds is 2. The maximum Gasteiger partial charge on any atom is 0.214 e. The molecule has 0 amide bonds. The Morgan fingerprint density at radius 3 is 2.76 bits per heavy atom. The molecule has 3 heterocycles. The van der Waals surface area contributed by atoms with Crippen LogP contribution in [0.3, 0.4) is 0 Å². The molecule has 4 rings (SSSR count). The topological polar surface area (TPSA) is 96.2 Å². The largest absolute Gasteiger partial charge is 0.352 e. The Hall–Kier alpha value is -3.60. The molecule has 1 atom stereocenters. The Kier molecular flexibility index (Phi) is 5.04. The van der Waals surface area contributed by atoms with Gasteiger partial charge in [0.1, 0.15) is 17.8 Å². The molecule has 2 N–H and O–H groups in total. The number of hydrogen-bond acceptors (Lipinski definition) is 5. The summed E-state index contributed by atoms with van der Waals surface area (Å²) in [7, 11) is 0. The van der Waals surface area contributed by atoms with Crippen molar-refractivity contribution in [3.8, 4) is 6.19 Å². The van der Waals surface area contributed by atoms with Crippen molar-refractivity contribution in [2.24, 2.45) is 4.99 Å². The van der Waals surface area contributed by atoms with E-state index in [1.807, 2.05) is 43.6 Å². The summed E-state index contributed by atoms with van der Waals surface area (Å²) in [4.78, 5) is 20.6. The van der Waals surface area contributed by atoms with Crippen LogP contribution < -0.4 is 10.2 Å². The summed E-state index contributed by atoms with van der Waals surface area (Å²) < 4.78 is 0. The van der Waals surface area contributed by atoms with Gasteiger partial charge in [0.25, 0.3) is 0 Å². The summed E-state index contributed by atoms with van der Waals surface area (Å²) in [5, 5.41) is 13.6. The molecule has 8 heteroatoms. The first-order valence-corrected chi connectivity index (χ1v) is 9.67. The van der Waals surface area contributed by atoms with E-state index < -0.39 is 0 Å². The monoisotopic (exact) mass is 388 g/mol. The summed E-state index contributed by atoms with van der Waals surface area (Å²) in [5.74, 6) is 1.53. The minimum absolute atomic E-state index is 0.151. The SMILES string of the molecule is Cc1ccc(NC(=NC#N)N2CCN(c3ncnc4[nH]cc(C)c34)CC2C)cc1. The molecule has 148 valence electrons. The van der Waals surface area contributed by atoms with Crippen molar-refractivity contribution in [3.63, 3.8) is 0 Å². The van der Waals surface area contributed by atoms with E-state index in [4.69, 9.17) is 0 Å². The second kappa shape index (κ2) is 7.80. The van der Waals surface area contributed by atoms with E-state index >= 15 is 0 Å². The van der Waals surface area contributed by atoms with Crippen molar-refractivity contribution in [3.05, 3.63) is 47.9 Å². The molecule has 29 heavy (non-hydrogen) atoms. The van der Waals surface area contributed by atoms with Crippen LogP contribution in [0.4, 0.5) is 11.5 Å². The molecule has 0 spiro atoms. The van der Waals surface area contributed by atoms with Gasteiger partial charge in [0, 0.05) is 37.6 Å². The van der Waals surface area contributed by atoms with Crippen LogP contribution in [0.1, 0.15) is 18.1 Å². The van der Waals surface area contributed by atoms with Crippen LogP contribution in [0.2, 0.25) is 0 Å². The Morgan fingerprint density at radius 1 is 1.24 bits per heavy atom. The first kappa shape index (κ1) is 18.7. The predicted octanol–water partition coefficient (Wildman–Crippen LogP) is 3.03. The van der Waals surface area contributed by atoms with Gasteiger partial charge in [0.05, 0.1) is 5.39 Å². The van der Waals surface area contributed by atoms with E-state index in [0.29, 0.717) is 5.96 Å². The number of hydrogen-bond donors (Lipinski definition) is 2. The quantitative estimate of drug-likeness (QED) is 0.398. The highest BCUT2D eigenvalue weighted by Gasteiger charge is 2.28. The van der Waals surface area contributed by atoms with Gasteiger partial charge in [-0.25, -0.2) is 9.97 Å². The van der Waals surface area contributed by atoms with Gasteiger partial charge in [-0.2, -0.15) is 5.26 Å². The van der Waals surface area contributed by atoms with Gasteiger partial charge in [-0.1, -0.05) is 17.7 Å². The molecule has 0 saturated carbocycles. The molecule has 1 aliphatic rings. The third-order valence-electron chi connectivity index (χ3n) is 5.31. The molecule has 1 unspecified atom stereocenters. The molecule has 2 aromatic heterocycles. The number of aliphatic imine (C=N–C) groups is 1. The summed E-state index contributed by atoms with van der Waals surface area (Å²) in [6.45, 7) is 8.53. The highest BCUT2D eigenvalue weighted by atomic mass is 15.4. The normalized spacial score (nSPS) is 17.4. The number of nitrogens with zero attached hydrogens (tertiary/aromatic N) is 6. The summed E-state index contributed by atoms with van der Waals surface area (Å²) in [6.07, 6.45) is 5.50. The number of nitrogens with one attached hydrogen (secondary N) is 2. The number of benzene rings is 1. The molecule has 1 saturated heterocycles. The average molecular weight is 388 g/mol. The van der Waals surface area contributed by atoms with Gasteiger partial charge in [0.15, 0.2) is 0 Å². The highest BCUT2D eigenvalue weighted by molar-refractivity contribution is 5.95. The molecule has 0 radical (unpaired) electrons. The number of guanidine groups is 1. The van der Waals surface area contributed by atoms with E-state index in [1.54, 1.807) is 6.33 Å². The fraction of sp³-hybridized carbons (Fsp3) is 0.333. The van der Waals surface area contributed by atoms with Gasteiger partial charge in [0.2, 0.25) is 12.2 Å². The minimum atomic E-state index is 0.151. The van der Waals surface area contributed by atoms with E-state index in [0.717, 1.165) is 47.7 Å². The third-order valence-corrected chi connectivity index (χ3v) is 5.31. The molecule has 1 aromatic carbocycles. The van der Waals surface area contributed by atoms with Crippen molar-refractivity contribution >= 4 is 28.5 Å². The molecular weight excluding hydrogens is 364 g/mol. The Bertz CT molecular complexity index is 1080. The zero-order chi connectivity index (χ0) is 20.4. The molecule has 0 bridgehead atoms. The zero-order valence-electron chi connectivity index (χ0n) is 16.8. The molecular formula is C21H24N8. The maximum absolute atomic E-state index is 9.20. The van der Waals surface area contributed by atoms with Crippen LogP contribution in [0, 0.1) is 25.3 Å². The van der Waals surface area contributed by atoms with Crippen molar-refractivity contribution in [2.45, 2.75) is 26.8 Å². The molecule has 3 aromatic rings. The highest BCUT2D eigenvalue weighted by Crippen LogP contribution is 2.27. The first-order valence-electron chi connectivity index (χ1n) is 9.67. The van der Waals surface area contributed by atoms with Crippen molar-refractivity contribution in [1.82, 2.24) is 19.9 Å². The molecule has 8 nitrogen and oxygen atoms in total. The third kappa shape index (κ3) is 3.72. The predicted molar refractivity (Wildman–Crippen MR) is 115 cm³/mol. The summed E-state index contributed by atoms with van der Waals surface area (Å²) in [6, 6.07) is 8.21. The van der Waals surface area contributed by atoms with Crippen molar-refractivity contribution in [1.29, 1.82) is 5.26 Å². The summed E-state index contributed by atoms with van der Waals surface area (Å²) in [5.41, 5.74) is 4.10. The first-order chi connectivity index (χ1) is 14.1. The van der Waals surface area contributed by atoms with Crippen LogP contribution in [-0.4, -0.2) is 51.5 Å². The zero-order valence-corrected chi connectivity index (χ0v) is 16.8. The summed E-state index contributed by atoms with van der Waals surface area (Å²) >= 11 is 0. The lowest BCUT2D eigenvalue weighted by Crippen LogP contribution is -2.56. The van der Waals surface area contributed by atoms with Crippen molar-refractivity contribution < 1.29 is 0 Å². The van der Waals surface area contributed by atoms with Gasteiger partial charge in [-0.15, -0.1) is 4.99 Å². The van der Waals surface area contributed by atoms with Crippen LogP contribution >= 0.6 is 0 Å². The van der Waals surface area contributed by atoms with E-state index in [-0.39, 0.29) is 6.04 Å². The Balaban J connectivity index is 1.54. The number of aryl methyl sites for hydroxylation is 2. The second-order valence-electron chi connectivity index (χ2n) is 7.41. The van der Waals surface area contributed by atoms with Crippen LogP contribution in [0.5, 0.6) is 0 Å². The average Bonchev–Trinajstić information content (AvgIpc) is 3.10. The lowest BCUT2D eigenvalue weighted by molar-refractivity contribution is 0.297. The van der Waals surface area contributed by atoms with E-state index in [1.165, 1.54) is 5.56 Å². The maximum atomic E-state index is 9.20. The lowest BCUT2D eigenvalue weighted by atomic mass is 10.1. The fourth-order valence-electron chi connectivity index (χ4n) is 3.78. The molecule has 0 aliphatic carbocycles. The van der Waals surface area contributed by atoms with Gasteiger partial charge >= 0.3 is 0 Å². The number of fused-ring (bicyclic) bond motifs is 1. The van der Waals surface area contributed by atoms with Crippen LogP contribution in [0.15, 0.2) is 41.8 Å². The number of anilines is 2. The van der Waals surface area contributed by atoms with Crippen LogP contribution in [0.25, 0.3) is 11.0 Å². The molecule has 1 aliphatic heterocycles. The van der Waals surface area contributed by atoms with Gasteiger partial charge in [-0.05, 0) is 38.5 Å². The van der Waals surface area contributed by atoms with Crippen molar-refractivity contribution in [2.75, 3.05) is 29.9 Å². The number of H-pyrrole nitrogens is 1. The van der Waals surface area contributed by atoms with E-state index in [2.05, 4.69) is 48.9 Å². The van der Waals surface area contributed by atoms with E-state index in [9.17, 15) is 5.26 Å². The number of aromatic nitrogens is 3.